The first-order chi connectivity index (χ1) is 11.4. The van der Waals surface area contributed by atoms with Crippen LogP contribution in [0.15, 0.2) is 42.5 Å². The third-order valence-electron chi connectivity index (χ3n) is 3.12. The van der Waals surface area contributed by atoms with Crippen molar-refractivity contribution in [1.82, 2.24) is 0 Å². The molecule has 24 heavy (non-hydrogen) atoms. The van der Waals surface area contributed by atoms with Crippen LogP contribution in [0, 0.1) is 10.1 Å². The highest BCUT2D eigenvalue weighted by molar-refractivity contribution is 6.31. The molecule has 0 aliphatic heterocycles. The zero-order valence-corrected chi connectivity index (χ0v) is 13.3. The molecule has 0 heterocycles. The molecule has 7 nitrogen and oxygen atoms in total. The normalized spacial score (nSPS) is 10.1. The van der Waals surface area contributed by atoms with Crippen LogP contribution in [0.4, 0.5) is 5.69 Å². The Hall–Kier alpha value is -2.93. The largest absolute Gasteiger partial charge is 0.497 e. The number of rotatable bonds is 6. The number of nitro benzene ring substituents is 1. The van der Waals surface area contributed by atoms with Gasteiger partial charge in [0.05, 0.1) is 12.0 Å². The Morgan fingerprint density at radius 1 is 1.17 bits per heavy atom. The number of carbonyl (C=O) groups is 2. The molecule has 0 saturated carbocycles. The number of nitrogens with zero attached hydrogens (tertiary/aromatic N) is 1. The maximum Gasteiger partial charge on any atom is 0.345 e. The highest BCUT2D eigenvalue weighted by Crippen LogP contribution is 2.23. The summed E-state index contributed by atoms with van der Waals surface area (Å²) in [5, 5.41) is 11.1. The van der Waals surface area contributed by atoms with Crippen molar-refractivity contribution in [3.63, 3.8) is 0 Å². The van der Waals surface area contributed by atoms with Gasteiger partial charge in [-0.1, -0.05) is 11.6 Å². The summed E-state index contributed by atoms with van der Waals surface area (Å²) in [4.78, 5) is 34.2. The molecule has 2 rings (SSSR count). The van der Waals surface area contributed by atoms with Gasteiger partial charge in [0.25, 0.3) is 5.69 Å². The van der Waals surface area contributed by atoms with Crippen molar-refractivity contribution in [2.75, 3.05) is 13.7 Å². The van der Waals surface area contributed by atoms with Crippen molar-refractivity contribution < 1.29 is 24.0 Å². The Morgan fingerprint density at radius 3 is 2.42 bits per heavy atom. The Kier molecular flexibility index (Phi) is 5.49. The lowest BCUT2D eigenvalue weighted by Gasteiger charge is -2.06. The number of ketones is 1. The fraction of sp³-hybridized carbons (Fsp3) is 0.125. The molecule has 0 N–H and O–H groups in total. The molecule has 0 aliphatic rings. The first-order valence-electron chi connectivity index (χ1n) is 6.70. The lowest BCUT2D eigenvalue weighted by atomic mass is 10.1. The Bertz CT molecular complexity index is 788. The number of Topliss-reactive ketones (excluding diaryl/α,β-unsaturated/α-hetero) is 1. The standard InChI is InChI=1S/C16H12ClNO6/c1-23-12-5-2-10(3-6-12)15(19)9-24-16(20)13-8-11(17)4-7-14(13)18(21)22/h2-8H,9H2,1H3. The summed E-state index contributed by atoms with van der Waals surface area (Å²) < 4.78 is 9.84. The molecule has 2 aromatic carbocycles. The lowest BCUT2D eigenvalue weighted by Crippen LogP contribution is -2.15. The average Bonchev–Trinajstić information content (AvgIpc) is 2.59. The number of nitro groups is 1. The van der Waals surface area contributed by atoms with Gasteiger partial charge in [-0.05, 0) is 36.4 Å². The zero-order chi connectivity index (χ0) is 17.7. The summed E-state index contributed by atoms with van der Waals surface area (Å²) in [6, 6.07) is 9.75. The van der Waals surface area contributed by atoms with Crippen molar-refractivity contribution in [3.05, 3.63) is 68.7 Å². The Balaban J connectivity index is 2.08. The second kappa shape index (κ2) is 7.56. The van der Waals surface area contributed by atoms with Crippen molar-refractivity contribution in [3.8, 4) is 5.75 Å². The number of hydrogen-bond acceptors (Lipinski definition) is 6. The van der Waals surface area contributed by atoms with Crippen LogP contribution in [0.1, 0.15) is 20.7 Å². The molecule has 0 atom stereocenters. The van der Waals surface area contributed by atoms with Crippen LogP contribution in [0.2, 0.25) is 5.02 Å². The van der Waals surface area contributed by atoms with Crippen molar-refractivity contribution in [1.29, 1.82) is 0 Å². The molecule has 124 valence electrons. The highest BCUT2D eigenvalue weighted by atomic mass is 35.5. The van der Waals surface area contributed by atoms with E-state index in [1.807, 2.05) is 0 Å². The molecule has 0 radical (unpaired) electrons. The number of methoxy groups -OCH3 is 1. The van der Waals surface area contributed by atoms with Gasteiger partial charge in [-0.3, -0.25) is 14.9 Å². The molecule has 0 saturated heterocycles. The van der Waals surface area contributed by atoms with Gasteiger partial charge in [-0.15, -0.1) is 0 Å². The van der Waals surface area contributed by atoms with E-state index in [4.69, 9.17) is 21.1 Å². The van der Waals surface area contributed by atoms with E-state index in [1.165, 1.54) is 25.3 Å². The fourth-order valence-corrected chi connectivity index (χ4v) is 2.07. The zero-order valence-electron chi connectivity index (χ0n) is 12.5. The molecule has 0 bridgehead atoms. The summed E-state index contributed by atoms with van der Waals surface area (Å²) in [5.74, 6) is -0.861. The minimum Gasteiger partial charge on any atom is -0.497 e. The number of benzene rings is 2. The van der Waals surface area contributed by atoms with Crippen LogP contribution in [0.25, 0.3) is 0 Å². The first kappa shape index (κ1) is 17.4. The van der Waals surface area contributed by atoms with E-state index < -0.39 is 29.0 Å². The SMILES string of the molecule is COc1ccc(C(=O)COC(=O)c2cc(Cl)ccc2[N+](=O)[O-])cc1. The smallest absolute Gasteiger partial charge is 0.345 e. The summed E-state index contributed by atoms with van der Waals surface area (Å²) in [6.45, 7) is -0.547. The van der Waals surface area contributed by atoms with Gasteiger partial charge >= 0.3 is 5.97 Å². The second-order valence-corrected chi connectivity index (χ2v) is 5.08. The summed E-state index contributed by atoms with van der Waals surface area (Å²) >= 11 is 5.74. The molecule has 0 aliphatic carbocycles. The summed E-state index contributed by atoms with van der Waals surface area (Å²) in [7, 11) is 1.50. The van der Waals surface area contributed by atoms with E-state index in [0.717, 1.165) is 12.1 Å². The van der Waals surface area contributed by atoms with Gasteiger partial charge in [0, 0.05) is 16.7 Å². The lowest BCUT2D eigenvalue weighted by molar-refractivity contribution is -0.385. The quantitative estimate of drug-likeness (QED) is 0.343. The molecule has 2 aromatic rings. The molecular formula is C16H12ClNO6. The molecule has 0 fully saturated rings. The van der Waals surface area contributed by atoms with E-state index in [-0.39, 0.29) is 10.6 Å². The number of hydrogen-bond donors (Lipinski definition) is 0. The Morgan fingerprint density at radius 2 is 1.83 bits per heavy atom. The first-order valence-corrected chi connectivity index (χ1v) is 7.08. The maximum atomic E-state index is 12.0. The van der Waals surface area contributed by atoms with Crippen LogP contribution in [0.5, 0.6) is 5.75 Å². The fourth-order valence-electron chi connectivity index (χ4n) is 1.90. The number of esters is 1. The van der Waals surface area contributed by atoms with E-state index in [2.05, 4.69) is 0 Å². The predicted octanol–water partition coefficient (Wildman–Crippen LogP) is 3.30. The van der Waals surface area contributed by atoms with Crippen LogP contribution in [0.3, 0.4) is 0 Å². The van der Waals surface area contributed by atoms with Crippen LogP contribution < -0.4 is 4.74 Å². The minimum atomic E-state index is -0.994. The topological polar surface area (TPSA) is 95.7 Å². The molecule has 0 spiro atoms. The third kappa shape index (κ3) is 4.08. The summed E-state index contributed by atoms with van der Waals surface area (Å²) in [6.07, 6.45) is 0. The number of halogens is 1. The second-order valence-electron chi connectivity index (χ2n) is 4.65. The van der Waals surface area contributed by atoms with Crippen LogP contribution in [-0.4, -0.2) is 30.4 Å². The molecule has 0 aromatic heterocycles. The molecular weight excluding hydrogens is 338 g/mol. The van der Waals surface area contributed by atoms with Gasteiger partial charge in [0.2, 0.25) is 0 Å². The molecule has 8 heteroatoms. The van der Waals surface area contributed by atoms with Gasteiger partial charge in [-0.2, -0.15) is 0 Å². The maximum absolute atomic E-state index is 12.0. The van der Waals surface area contributed by atoms with Gasteiger partial charge < -0.3 is 9.47 Å². The minimum absolute atomic E-state index is 0.147. The van der Waals surface area contributed by atoms with Crippen LogP contribution >= 0.6 is 11.6 Å². The van der Waals surface area contributed by atoms with Gasteiger partial charge in [-0.25, -0.2) is 4.79 Å². The number of ether oxygens (including phenoxy) is 2. The van der Waals surface area contributed by atoms with Crippen molar-refractivity contribution >= 4 is 29.0 Å². The Labute approximate surface area is 141 Å². The van der Waals surface area contributed by atoms with E-state index in [0.29, 0.717) is 11.3 Å². The molecule has 0 amide bonds. The van der Waals surface area contributed by atoms with Crippen LogP contribution in [-0.2, 0) is 4.74 Å². The average molecular weight is 350 g/mol. The van der Waals surface area contributed by atoms with Crippen molar-refractivity contribution in [2.24, 2.45) is 0 Å². The third-order valence-corrected chi connectivity index (χ3v) is 3.36. The van der Waals surface area contributed by atoms with E-state index in [9.17, 15) is 19.7 Å². The predicted molar refractivity (Wildman–Crippen MR) is 85.7 cm³/mol. The van der Waals surface area contributed by atoms with Gasteiger partial charge in [0.1, 0.15) is 11.3 Å². The van der Waals surface area contributed by atoms with E-state index >= 15 is 0 Å². The monoisotopic (exact) mass is 349 g/mol. The highest BCUT2D eigenvalue weighted by Gasteiger charge is 2.22. The number of carbonyl (C=O) groups excluding carboxylic acids is 2. The summed E-state index contributed by atoms with van der Waals surface area (Å²) in [5.41, 5.74) is -0.430. The van der Waals surface area contributed by atoms with E-state index in [1.54, 1.807) is 12.1 Å². The van der Waals surface area contributed by atoms with Crippen molar-refractivity contribution in [2.45, 2.75) is 0 Å². The molecule has 0 unspecified atom stereocenters. The van der Waals surface area contributed by atoms with Gasteiger partial charge in [0.15, 0.2) is 12.4 Å².